The molecular weight excluding hydrogens is 376 g/mol. The number of unbranched alkanes of at least 4 members (excludes halogenated alkanes) is 8. The van der Waals surface area contributed by atoms with Crippen LogP contribution in [0.3, 0.4) is 0 Å². The van der Waals surface area contributed by atoms with E-state index in [0.717, 1.165) is 51.4 Å². The molecule has 0 aliphatic rings. The molecule has 176 valence electrons. The molecule has 0 heterocycles. The second-order valence-electron chi connectivity index (χ2n) is 9.18. The van der Waals surface area contributed by atoms with Gasteiger partial charge in [-0.15, -0.1) is 0 Å². The lowest BCUT2D eigenvalue weighted by Gasteiger charge is -2.06. The molecule has 0 bridgehead atoms. The van der Waals surface area contributed by atoms with Gasteiger partial charge in [0.05, 0.1) is 13.2 Å². The van der Waals surface area contributed by atoms with Crippen LogP contribution in [0.25, 0.3) is 0 Å². The summed E-state index contributed by atoms with van der Waals surface area (Å²) in [5, 5.41) is 0. The Bertz CT molecular complexity index is 400. The van der Waals surface area contributed by atoms with E-state index in [1.807, 2.05) is 0 Å². The van der Waals surface area contributed by atoms with E-state index in [2.05, 4.69) is 39.8 Å². The summed E-state index contributed by atoms with van der Waals surface area (Å²) in [4.78, 5) is 23.1. The van der Waals surface area contributed by atoms with Crippen LogP contribution in [0, 0.1) is 11.8 Å². The Hall–Kier alpha value is -1.32. The summed E-state index contributed by atoms with van der Waals surface area (Å²) in [6.45, 7) is 9.67. The normalized spacial score (nSPS) is 11.5. The van der Waals surface area contributed by atoms with Gasteiger partial charge in [0.15, 0.2) is 0 Å². The zero-order chi connectivity index (χ0) is 22.5. The summed E-state index contributed by atoms with van der Waals surface area (Å²) in [5.41, 5.74) is 0. The Balaban J connectivity index is 3.31. The minimum absolute atomic E-state index is 0.0430. The van der Waals surface area contributed by atoms with Gasteiger partial charge in [0, 0.05) is 12.8 Å². The number of carbonyl (C=O) groups excluding carboxylic acids is 2. The fourth-order valence-electron chi connectivity index (χ4n) is 2.97. The highest BCUT2D eigenvalue weighted by Gasteiger charge is 2.04. The second kappa shape index (κ2) is 20.9. The molecule has 0 unspecified atom stereocenters. The molecule has 0 atom stereocenters. The number of esters is 2. The smallest absolute Gasteiger partial charge is 0.305 e. The number of rotatable bonds is 20. The molecular formula is C26H48O4. The molecule has 0 amide bonds. The number of carbonyl (C=O) groups is 2. The Kier molecular flexibility index (Phi) is 20.0. The zero-order valence-corrected chi connectivity index (χ0v) is 20.3. The van der Waals surface area contributed by atoms with E-state index >= 15 is 0 Å². The predicted molar refractivity (Wildman–Crippen MR) is 125 cm³/mol. The van der Waals surface area contributed by atoms with Crippen LogP contribution in [0.1, 0.15) is 118 Å². The Labute approximate surface area is 186 Å². The highest BCUT2D eigenvalue weighted by Crippen LogP contribution is 2.10. The first-order valence-corrected chi connectivity index (χ1v) is 12.4. The Morgan fingerprint density at radius 3 is 1.33 bits per heavy atom. The van der Waals surface area contributed by atoms with Crippen molar-refractivity contribution in [2.24, 2.45) is 11.8 Å². The van der Waals surface area contributed by atoms with Gasteiger partial charge in [0.2, 0.25) is 0 Å². The maximum absolute atomic E-state index is 11.6. The molecule has 0 rings (SSSR count). The first-order chi connectivity index (χ1) is 14.4. The summed E-state index contributed by atoms with van der Waals surface area (Å²) < 4.78 is 10.4. The minimum Gasteiger partial charge on any atom is -0.466 e. The van der Waals surface area contributed by atoms with Gasteiger partial charge in [-0.1, -0.05) is 65.5 Å². The average Bonchev–Trinajstić information content (AvgIpc) is 2.67. The Morgan fingerprint density at radius 2 is 0.967 bits per heavy atom. The monoisotopic (exact) mass is 424 g/mol. The average molecular weight is 425 g/mol. The van der Waals surface area contributed by atoms with Crippen LogP contribution in [0.2, 0.25) is 0 Å². The van der Waals surface area contributed by atoms with E-state index < -0.39 is 0 Å². The van der Waals surface area contributed by atoms with Gasteiger partial charge in [-0.25, -0.2) is 0 Å². The molecule has 0 N–H and O–H groups in total. The van der Waals surface area contributed by atoms with Crippen molar-refractivity contribution in [3.8, 4) is 0 Å². The molecule has 0 aliphatic heterocycles. The molecule has 0 fully saturated rings. The number of ether oxygens (including phenoxy) is 2. The number of allylic oxidation sites excluding steroid dienone is 2. The van der Waals surface area contributed by atoms with Crippen molar-refractivity contribution in [2.75, 3.05) is 13.2 Å². The van der Waals surface area contributed by atoms with E-state index in [4.69, 9.17) is 9.47 Å². The van der Waals surface area contributed by atoms with Gasteiger partial charge in [-0.3, -0.25) is 9.59 Å². The first kappa shape index (κ1) is 28.7. The van der Waals surface area contributed by atoms with Gasteiger partial charge in [0.25, 0.3) is 0 Å². The van der Waals surface area contributed by atoms with Crippen LogP contribution in [-0.4, -0.2) is 25.2 Å². The lowest BCUT2D eigenvalue weighted by atomic mass is 10.1. The summed E-state index contributed by atoms with van der Waals surface area (Å²) in [6.07, 6.45) is 18.7. The van der Waals surface area contributed by atoms with Crippen LogP contribution in [0.4, 0.5) is 0 Å². The van der Waals surface area contributed by atoms with Crippen LogP contribution in [-0.2, 0) is 19.1 Å². The maximum atomic E-state index is 11.6. The summed E-state index contributed by atoms with van der Waals surface area (Å²) >= 11 is 0. The number of hydrogen-bond acceptors (Lipinski definition) is 4. The fraction of sp³-hybridized carbons (Fsp3) is 0.846. The molecule has 4 heteroatoms. The maximum Gasteiger partial charge on any atom is 0.305 e. The largest absolute Gasteiger partial charge is 0.466 e. The summed E-state index contributed by atoms with van der Waals surface area (Å²) in [7, 11) is 0. The molecule has 4 nitrogen and oxygen atoms in total. The van der Waals surface area contributed by atoms with Gasteiger partial charge in [-0.05, 0) is 63.2 Å². The van der Waals surface area contributed by atoms with Crippen LogP contribution in [0.5, 0.6) is 0 Å². The lowest BCUT2D eigenvalue weighted by molar-refractivity contribution is -0.145. The van der Waals surface area contributed by atoms with E-state index in [1.54, 1.807) is 0 Å². The first-order valence-electron chi connectivity index (χ1n) is 12.4. The molecule has 0 aliphatic carbocycles. The predicted octanol–water partition coefficient (Wildman–Crippen LogP) is 7.40. The van der Waals surface area contributed by atoms with Crippen molar-refractivity contribution in [1.29, 1.82) is 0 Å². The summed E-state index contributed by atoms with van der Waals surface area (Å²) in [6, 6.07) is 0. The van der Waals surface area contributed by atoms with Crippen molar-refractivity contribution < 1.29 is 19.1 Å². The molecule has 0 spiro atoms. The van der Waals surface area contributed by atoms with Crippen molar-refractivity contribution in [3.05, 3.63) is 12.2 Å². The highest BCUT2D eigenvalue weighted by molar-refractivity contribution is 5.69. The molecule has 0 aromatic carbocycles. The van der Waals surface area contributed by atoms with E-state index in [-0.39, 0.29) is 11.9 Å². The zero-order valence-electron chi connectivity index (χ0n) is 20.3. The van der Waals surface area contributed by atoms with Crippen molar-refractivity contribution in [2.45, 2.75) is 118 Å². The van der Waals surface area contributed by atoms with Crippen LogP contribution >= 0.6 is 0 Å². The SMILES string of the molecule is CC(C)CCOC(=O)CCCCCC/C=C/CCCCCCC(=O)OCCC(C)C. The molecule has 0 aromatic heterocycles. The standard InChI is InChI=1S/C26H48O4/c1-23(2)19-21-29-25(27)17-15-13-11-9-7-5-6-8-10-12-14-16-18-26(28)30-22-20-24(3)4/h5-6,23-24H,7-22H2,1-4H3/b6-5+. The number of hydrogen-bond donors (Lipinski definition) is 0. The quantitative estimate of drug-likeness (QED) is 0.116. The molecule has 30 heavy (non-hydrogen) atoms. The lowest BCUT2D eigenvalue weighted by Crippen LogP contribution is -2.07. The highest BCUT2D eigenvalue weighted by atomic mass is 16.5. The second-order valence-corrected chi connectivity index (χ2v) is 9.18. The van der Waals surface area contributed by atoms with Gasteiger partial charge >= 0.3 is 11.9 Å². The van der Waals surface area contributed by atoms with Gasteiger partial charge in [-0.2, -0.15) is 0 Å². The van der Waals surface area contributed by atoms with Crippen molar-refractivity contribution in [3.63, 3.8) is 0 Å². The molecule has 0 saturated heterocycles. The summed E-state index contributed by atoms with van der Waals surface area (Å²) in [5.74, 6) is 1.08. The van der Waals surface area contributed by atoms with E-state index in [9.17, 15) is 9.59 Å². The molecule has 0 radical (unpaired) electrons. The third-order valence-corrected chi connectivity index (χ3v) is 5.09. The Morgan fingerprint density at radius 1 is 0.600 bits per heavy atom. The fourth-order valence-corrected chi connectivity index (χ4v) is 2.97. The van der Waals surface area contributed by atoms with Gasteiger partial charge < -0.3 is 9.47 Å². The molecule has 0 aromatic rings. The van der Waals surface area contributed by atoms with E-state index in [0.29, 0.717) is 37.9 Å². The topological polar surface area (TPSA) is 52.6 Å². The van der Waals surface area contributed by atoms with Gasteiger partial charge in [0.1, 0.15) is 0 Å². The minimum atomic E-state index is -0.0430. The third kappa shape index (κ3) is 23.0. The van der Waals surface area contributed by atoms with Crippen molar-refractivity contribution >= 4 is 11.9 Å². The van der Waals surface area contributed by atoms with Crippen LogP contribution < -0.4 is 0 Å². The van der Waals surface area contributed by atoms with Crippen LogP contribution in [0.15, 0.2) is 12.2 Å². The van der Waals surface area contributed by atoms with E-state index in [1.165, 1.54) is 25.7 Å². The third-order valence-electron chi connectivity index (χ3n) is 5.09. The molecule has 0 saturated carbocycles. The van der Waals surface area contributed by atoms with Crippen molar-refractivity contribution in [1.82, 2.24) is 0 Å².